The molecule has 0 unspecified atom stereocenters. The van der Waals surface area contributed by atoms with Crippen molar-refractivity contribution in [3.05, 3.63) is 57.2 Å². The molecule has 0 aliphatic heterocycles. The number of rotatable bonds is 2. The van der Waals surface area contributed by atoms with E-state index in [2.05, 4.69) is 37.0 Å². The van der Waals surface area contributed by atoms with Gasteiger partial charge in [-0.05, 0) is 51.8 Å². The van der Waals surface area contributed by atoms with Crippen molar-refractivity contribution in [2.75, 3.05) is 5.73 Å². The third-order valence-corrected chi connectivity index (χ3v) is 4.18. The first-order valence-corrected chi connectivity index (χ1v) is 7.61. The van der Waals surface area contributed by atoms with Gasteiger partial charge in [0.15, 0.2) is 11.6 Å². The summed E-state index contributed by atoms with van der Waals surface area (Å²) in [4.78, 5) is 0. The van der Waals surface area contributed by atoms with Crippen LogP contribution in [0.1, 0.15) is 0 Å². The Balaban J connectivity index is 2.19. The molecule has 2 N–H and O–H groups in total. The van der Waals surface area contributed by atoms with Gasteiger partial charge in [-0.15, -0.1) is 0 Å². The Morgan fingerprint density at radius 1 is 1.05 bits per heavy atom. The molecule has 21 heavy (non-hydrogen) atoms. The molecule has 0 atom stereocenters. The van der Waals surface area contributed by atoms with E-state index in [1.165, 1.54) is 12.1 Å². The van der Waals surface area contributed by atoms with E-state index in [-0.39, 0.29) is 11.6 Å². The number of aromatic nitrogens is 1. The predicted octanol–water partition coefficient (Wildman–Crippen LogP) is 5.25. The van der Waals surface area contributed by atoms with Gasteiger partial charge in [0.2, 0.25) is 0 Å². The molecular formula is C15H9Br2FN2O. The second-order valence-corrected chi connectivity index (χ2v) is 6.17. The average molecular weight is 412 g/mol. The normalized spacial score (nSPS) is 10.8. The smallest absolute Gasteiger partial charge is 0.178 e. The van der Waals surface area contributed by atoms with Crippen LogP contribution in [0.2, 0.25) is 0 Å². The van der Waals surface area contributed by atoms with E-state index in [0.29, 0.717) is 11.3 Å². The van der Waals surface area contributed by atoms with Crippen molar-refractivity contribution >= 4 is 37.7 Å². The number of anilines is 1. The minimum absolute atomic E-state index is 0.270. The monoisotopic (exact) mass is 410 g/mol. The van der Waals surface area contributed by atoms with Gasteiger partial charge in [0.1, 0.15) is 5.82 Å². The topological polar surface area (TPSA) is 52.0 Å². The maximum Gasteiger partial charge on any atom is 0.178 e. The van der Waals surface area contributed by atoms with E-state index < -0.39 is 0 Å². The lowest BCUT2D eigenvalue weighted by Crippen LogP contribution is -1.89. The van der Waals surface area contributed by atoms with E-state index >= 15 is 0 Å². The number of nitrogen functional groups attached to an aromatic ring is 1. The second-order valence-electron chi connectivity index (χ2n) is 4.40. The SMILES string of the molecule is Nc1noc(-c2ccc(Br)cc2Br)c1-c1ccc(F)cc1. The Bertz CT molecular complexity index is 800. The number of nitrogens with two attached hydrogens (primary N) is 1. The van der Waals surface area contributed by atoms with Gasteiger partial charge in [0.05, 0.1) is 5.56 Å². The summed E-state index contributed by atoms with van der Waals surface area (Å²) in [6, 6.07) is 11.7. The van der Waals surface area contributed by atoms with Gasteiger partial charge in [-0.25, -0.2) is 4.39 Å². The molecule has 0 fully saturated rings. The van der Waals surface area contributed by atoms with E-state index in [9.17, 15) is 4.39 Å². The summed E-state index contributed by atoms with van der Waals surface area (Å²) in [5.41, 5.74) is 8.13. The molecule has 6 heteroatoms. The highest BCUT2D eigenvalue weighted by Crippen LogP contribution is 2.40. The maximum absolute atomic E-state index is 13.1. The molecule has 0 aliphatic rings. The van der Waals surface area contributed by atoms with Crippen LogP contribution in [0.3, 0.4) is 0 Å². The molecule has 0 radical (unpaired) electrons. The van der Waals surface area contributed by atoms with Crippen LogP contribution in [0.4, 0.5) is 10.2 Å². The van der Waals surface area contributed by atoms with Gasteiger partial charge >= 0.3 is 0 Å². The van der Waals surface area contributed by atoms with Crippen molar-refractivity contribution in [3.8, 4) is 22.5 Å². The second kappa shape index (κ2) is 5.61. The molecule has 106 valence electrons. The number of hydrogen-bond acceptors (Lipinski definition) is 3. The zero-order valence-electron chi connectivity index (χ0n) is 10.6. The molecule has 1 aromatic heterocycles. The summed E-state index contributed by atoms with van der Waals surface area (Å²) < 4.78 is 20.2. The summed E-state index contributed by atoms with van der Waals surface area (Å²) in [6.07, 6.45) is 0. The summed E-state index contributed by atoms with van der Waals surface area (Å²) >= 11 is 6.90. The average Bonchev–Trinajstić information content (AvgIpc) is 2.82. The molecule has 0 bridgehead atoms. The van der Waals surface area contributed by atoms with Crippen LogP contribution in [0.15, 0.2) is 55.9 Å². The van der Waals surface area contributed by atoms with Crippen molar-refractivity contribution in [1.82, 2.24) is 5.16 Å². The van der Waals surface area contributed by atoms with Crippen LogP contribution >= 0.6 is 31.9 Å². The fourth-order valence-electron chi connectivity index (χ4n) is 2.06. The molecular weight excluding hydrogens is 403 g/mol. The summed E-state index contributed by atoms with van der Waals surface area (Å²) in [6.45, 7) is 0. The molecule has 1 heterocycles. The quantitative estimate of drug-likeness (QED) is 0.626. The van der Waals surface area contributed by atoms with Gasteiger partial charge in [-0.1, -0.05) is 33.2 Å². The Hall–Kier alpha value is -1.66. The first-order chi connectivity index (χ1) is 10.1. The zero-order chi connectivity index (χ0) is 15.0. The standard InChI is InChI=1S/C15H9Br2FN2O/c16-9-3-6-11(12(17)7-9)14-13(15(19)20-21-14)8-1-4-10(18)5-2-8/h1-7H,(H2,19,20). The fourth-order valence-corrected chi connectivity index (χ4v) is 3.28. The lowest BCUT2D eigenvalue weighted by molar-refractivity contribution is 0.436. The van der Waals surface area contributed by atoms with Gasteiger partial charge in [-0.3, -0.25) is 0 Å². The Kier molecular flexibility index (Phi) is 3.82. The van der Waals surface area contributed by atoms with Gasteiger partial charge in [-0.2, -0.15) is 0 Å². The molecule has 3 rings (SSSR count). The number of nitrogens with zero attached hydrogens (tertiary/aromatic N) is 1. The van der Waals surface area contributed by atoms with Crippen molar-refractivity contribution < 1.29 is 8.91 Å². The molecule has 3 nitrogen and oxygen atoms in total. The number of hydrogen-bond donors (Lipinski definition) is 1. The Morgan fingerprint density at radius 3 is 2.43 bits per heavy atom. The van der Waals surface area contributed by atoms with Crippen LogP contribution in [0.25, 0.3) is 22.5 Å². The fraction of sp³-hybridized carbons (Fsp3) is 0. The summed E-state index contributed by atoms with van der Waals surface area (Å²) in [5.74, 6) is 0.505. The zero-order valence-corrected chi connectivity index (χ0v) is 13.8. The van der Waals surface area contributed by atoms with Crippen LogP contribution in [0.5, 0.6) is 0 Å². The highest BCUT2D eigenvalue weighted by Gasteiger charge is 2.19. The lowest BCUT2D eigenvalue weighted by atomic mass is 10.0. The van der Waals surface area contributed by atoms with E-state index in [1.54, 1.807) is 12.1 Å². The van der Waals surface area contributed by atoms with Crippen LogP contribution < -0.4 is 5.73 Å². The number of halogens is 3. The van der Waals surface area contributed by atoms with E-state index in [0.717, 1.165) is 20.1 Å². The molecule has 0 saturated carbocycles. The largest absolute Gasteiger partial charge is 0.380 e. The van der Waals surface area contributed by atoms with Crippen LogP contribution in [-0.4, -0.2) is 5.16 Å². The summed E-state index contributed by atoms with van der Waals surface area (Å²) in [5, 5.41) is 3.83. The highest BCUT2D eigenvalue weighted by molar-refractivity contribution is 9.11. The first kappa shape index (κ1) is 14.3. The highest BCUT2D eigenvalue weighted by atomic mass is 79.9. The van der Waals surface area contributed by atoms with Crippen LogP contribution in [-0.2, 0) is 0 Å². The predicted molar refractivity (Wildman–Crippen MR) is 87.1 cm³/mol. The molecule has 0 aliphatic carbocycles. The summed E-state index contributed by atoms with van der Waals surface area (Å²) in [7, 11) is 0. The van der Waals surface area contributed by atoms with Crippen molar-refractivity contribution in [3.63, 3.8) is 0 Å². The van der Waals surface area contributed by atoms with Crippen molar-refractivity contribution in [2.45, 2.75) is 0 Å². The molecule has 0 amide bonds. The molecule has 0 spiro atoms. The molecule has 2 aromatic carbocycles. The lowest BCUT2D eigenvalue weighted by Gasteiger charge is -2.05. The maximum atomic E-state index is 13.1. The Morgan fingerprint density at radius 2 is 1.76 bits per heavy atom. The minimum Gasteiger partial charge on any atom is -0.380 e. The molecule has 0 saturated heterocycles. The first-order valence-electron chi connectivity index (χ1n) is 6.03. The van der Waals surface area contributed by atoms with Crippen LogP contribution in [0, 0.1) is 5.82 Å². The van der Waals surface area contributed by atoms with E-state index in [4.69, 9.17) is 10.3 Å². The molecule has 3 aromatic rings. The van der Waals surface area contributed by atoms with Gasteiger partial charge in [0.25, 0.3) is 0 Å². The minimum atomic E-state index is -0.305. The van der Waals surface area contributed by atoms with E-state index in [1.807, 2.05) is 18.2 Å². The Labute approximate surface area is 137 Å². The van der Waals surface area contributed by atoms with Gasteiger partial charge in [0, 0.05) is 14.5 Å². The third-order valence-electron chi connectivity index (χ3n) is 3.03. The van der Waals surface area contributed by atoms with Gasteiger partial charge < -0.3 is 10.3 Å². The number of benzene rings is 2. The van der Waals surface area contributed by atoms with Crippen molar-refractivity contribution in [2.24, 2.45) is 0 Å². The van der Waals surface area contributed by atoms with Crippen molar-refractivity contribution in [1.29, 1.82) is 0 Å². The third kappa shape index (κ3) is 2.73.